The molecule has 1 aromatic heterocycles. The van der Waals surface area contributed by atoms with Gasteiger partial charge in [-0.3, -0.25) is 0 Å². The minimum atomic E-state index is -0.413. The molecule has 0 bridgehead atoms. The van der Waals surface area contributed by atoms with Crippen LogP contribution >= 0.6 is 23.2 Å². The van der Waals surface area contributed by atoms with Crippen molar-refractivity contribution in [2.75, 3.05) is 0 Å². The molecule has 0 aliphatic heterocycles. The number of benzene rings is 1. The molecule has 5 heteroatoms. The highest BCUT2D eigenvalue weighted by Gasteiger charge is 2.06. The van der Waals surface area contributed by atoms with Gasteiger partial charge in [-0.1, -0.05) is 35.3 Å². The highest BCUT2D eigenvalue weighted by molar-refractivity contribution is 6.43. The van der Waals surface area contributed by atoms with Crippen molar-refractivity contribution in [1.29, 1.82) is 0 Å². The number of aromatic amines is 1. The zero-order chi connectivity index (χ0) is 10.8. The molecule has 0 saturated carbocycles. The Bertz CT molecular complexity index is 551. The van der Waals surface area contributed by atoms with Crippen LogP contribution in [0.15, 0.2) is 35.3 Å². The zero-order valence-electron chi connectivity index (χ0n) is 7.50. The molecule has 0 unspecified atom stereocenters. The number of halogens is 2. The van der Waals surface area contributed by atoms with E-state index in [0.29, 0.717) is 21.3 Å². The zero-order valence-corrected chi connectivity index (χ0v) is 9.01. The molecule has 1 heterocycles. The van der Waals surface area contributed by atoms with Crippen LogP contribution in [0.25, 0.3) is 11.3 Å². The third kappa shape index (κ3) is 2.03. The molecule has 1 N–H and O–H groups in total. The summed E-state index contributed by atoms with van der Waals surface area (Å²) in [5.41, 5.74) is 0.870. The predicted molar refractivity (Wildman–Crippen MR) is 60.3 cm³/mol. The van der Waals surface area contributed by atoms with Crippen LogP contribution in [-0.2, 0) is 0 Å². The standard InChI is InChI=1S/C10H6Cl2N2O/c11-7-3-1-2-6(9(7)12)8-4-5-13-10(15)14-8/h1-5H,(H,13,14,15). The molecule has 2 rings (SSSR count). The van der Waals surface area contributed by atoms with Crippen molar-refractivity contribution in [2.45, 2.75) is 0 Å². The second kappa shape index (κ2) is 4.04. The minimum Gasteiger partial charge on any atom is -0.305 e. The molecule has 76 valence electrons. The molecule has 0 aliphatic carbocycles. The molecule has 3 nitrogen and oxygen atoms in total. The number of hydrogen-bond acceptors (Lipinski definition) is 2. The maximum absolute atomic E-state index is 11.0. The van der Waals surface area contributed by atoms with Gasteiger partial charge in [0.15, 0.2) is 0 Å². The lowest BCUT2D eigenvalue weighted by atomic mass is 10.1. The molecular formula is C10H6Cl2N2O. The van der Waals surface area contributed by atoms with E-state index < -0.39 is 5.69 Å². The van der Waals surface area contributed by atoms with E-state index in [2.05, 4.69) is 9.97 Å². The molecule has 0 saturated heterocycles. The monoisotopic (exact) mass is 240 g/mol. The van der Waals surface area contributed by atoms with Gasteiger partial charge in [-0.2, -0.15) is 0 Å². The summed E-state index contributed by atoms with van der Waals surface area (Å²) >= 11 is 11.9. The van der Waals surface area contributed by atoms with E-state index in [1.54, 1.807) is 24.3 Å². The predicted octanol–water partition coefficient (Wildman–Crippen LogP) is 2.74. The van der Waals surface area contributed by atoms with Crippen molar-refractivity contribution in [1.82, 2.24) is 9.97 Å². The van der Waals surface area contributed by atoms with Crippen LogP contribution in [0.2, 0.25) is 10.0 Å². The van der Waals surface area contributed by atoms with Crippen LogP contribution in [0, 0.1) is 0 Å². The van der Waals surface area contributed by atoms with Crippen molar-refractivity contribution < 1.29 is 0 Å². The van der Waals surface area contributed by atoms with Gasteiger partial charge in [-0.05, 0) is 12.1 Å². The van der Waals surface area contributed by atoms with Gasteiger partial charge in [0, 0.05) is 11.8 Å². The van der Waals surface area contributed by atoms with Gasteiger partial charge in [0.25, 0.3) is 0 Å². The second-order valence-electron chi connectivity index (χ2n) is 2.89. The fourth-order valence-corrected chi connectivity index (χ4v) is 1.64. The summed E-state index contributed by atoms with van der Waals surface area (Å²) in [7, 11) is 0. The number of rotatable bonds is 1. The average molecular weight is 241 g/mol. The minimum absolute atomic E-state index is 0.413. The van der Waals surface area contributed by atoms with E-state index in [0.717, 1.165) is 0 Å². The number of H-pyrrole nitrogens is 1. The van der Waals surface area contributed by atoms with E-state index in [4.69, 9.17) is 23.2 Å². The van der Waals surface area contributed by atoms with Crippen LogP contribution in [0.4, 0.5) is 0 Å². The van der Waals surface area contributed by atoms with Crippen molar-refractivity contribution in [3.05, 3.63) is 51.0 Å². The molecule has 0 radical (unpaired) electrons. The summed E-state index contributed by atoms with van der Waals surface area (Å²) in [5.74, 6) is 0. The first kappa shape index (κ1) is 10.2. The highest BCUT2D eigenvalue weighted by Crippen LogP contribution is 2.31. The quantitative estimate of drug-likeness (QED) is 0.834. The maximum atomic E-state index is 11.0. The van der Waals surface area contributed by atoms with E-state index in [1.165, 1.54) is 6.20 Å². The Morgan fingerprint density at radius 1 is 1.20 bits per heavy atom. The van der Waals surface area contributed by atoms with Gasteiger partial charge < -0.3 is 4.98 Å². The van der Waals surface area contributed by atoms with Gasteiger partial charge in [-0.15, -0.1) is 0 Å². The Morgan fingerprint density at radius 3 is 2.73 bits per heavy atom. The van der Waals surface area contributed by atoms with E-state index >= 15 is 0 Å². The maximum Gasteiger partial charge on any atom is 0.345 e. The average Bonchev–Trinajstić information content (AvgIpc) is 2.22. The number of aromatic nitrogens is 2. The number of nitrogens with one attached hydrogen (secondary N) is 1. The third-order valence-corrected chi connectivity index (χ3v) is 2.74. The van der Waals surface area contributed by atoms with Gasteiger partial charge in [0.05, 0.1) is 15.7 Å². The summed E-state index contributed by atoms with van der Waals surface area (Å²) in [6, 6.07) is 6.90. The molecule has 1 aromatic carbocycles. The van der Waals surface area contributed by atoms with Crippen LogP contribution in [0.1, 0.15) is 0 Å². The summed E-state index contributed by atoms with van der Waals surface area (Å²) in [6.07, 6.45) is 1.42. The highest BCUT2D eigenvalue weighted by atomic mass is 35.5. The van der Waals surface area contributed by atoms with E-state index in [1.807, 2.05) is 0 Å². The smallest absolute Gasteiger partial charge is 0.305 e. The largest absolute Gasteiger partial charge is 0.345 e. The normalized spacial score (nSPS) is 10.3. The second-order valence-corrected chi connectivity index (χ2v) is 3.68. The van der Waals surface area contributed by atoms with E-state index in [9.17, 15) is 4.79 Å². The van der Waals surface area contributed by atoms with Crippen LogP contribution in [0.3, 0.4) is 0 Å². The Hall–Kier alpha value is -1.32. The van der Waals surface area contributed by atoms with Crippen molar-refractivity contribution >= 4 is 23.2 Å². The number of nitrogens with zero attached hydrogens (tertiary/aromatic N) is 1. The fourth-order valence-electron chi connectivity index (χ4n) is 1.24. The van der Waals surface area contributed by atoms with Crippen molar-refractivity contribution in [3.63, 3.8) is 0 Å². The lowest BCUT2D eigenvalue weighted by Crippen LogP contribution is -2.09. The molecule has 0 atom stereocenters. The number of hydrogen-bond donors (Lipinski definition) is 1. The van der Waals surface area contributed by atoms with Crippen LogP contribution < -0.4 is 5.69 Å². The lowest BCUT2D eigenvalue weighted by Gasteiger charge is -2.04. The van der Waals surface area contributed by atoms with Gasteiger partial charge in [-0.25, -0.2) is 9.78 Å². The summed E-state index contributed by atoms with van der Waals surface area (Å²) in [4.78, 5) is 17.1. The molecule has 0 spiro atoms. The van der Waals surface area contributed by atoms with E-state index in [-0.39, 0.29) is 0 Å². The molecule has 2 aromatic rings. The third-order valence-electron chi connectivity index (χ3n) is 1.92. The topological polar surface area (TPSA) is 45.8 Å². The Morgan fingerprint density at radius 2 is 2.00 bits per heavy atom. The molecule has 15 heavy (non-hydrogen) atoms. The molecule has 0 aliphatic rings. The molecule has 0 fully saturated rings. The Kier molecular flexibility index (Phi) is 2.75. The first-order valence-electron chi connectivity index (χ1n) is 4.18. The van der Waals surface area contributed by atoms with Crippen LogP contribution in [0.5, 0.6) is 0 Å². The Labute approximate surface area is 95.7 Å². The van der Waals surface area contributed by atoms with Gasteiger partial charge >= 0.3 is 5.69 Å². The van der Waals surface area contributed by atoms with Gasteiger partial charge in [0.1, 0.15) is 0 Å². The summed E-state index contributed by atoms with van der Waals surface area (Å²) in [5, 5.41) is 0.868. The van der Waals surface area contributed by atoms with Crippen molar-refractivity contribution in [2.24, 2.45) is 0 Å². The van der Waals surface area contributed by atoms with Crippen LogP contribution in [-0.4, -0.2) is 9.97 Å². The first-order valence-corrected chi connectivity index (χ1v) is 4.94. The SMILES string of the molecule is O=c1nccc(-c2cccc(Cl)c2Cl)[nH]1. The summed E-state index contributed by atoms with van der Waals surface area (Å²) < 4.78 is 0. The first-order chi connectivity index (χ1) is 7.18. The lowest BCUT2D eigenvalue weighted by molar-refractivity contribution is 1.08. The Balaban J connectivity index is 2.64. The molecule has 0 amide bonds. The molecular weight excluding hydrogens is 235 g/mol. The summed E-state index contributed by atoms with van der Waals surface area (Å²) in [6.45, 7) is 0. The van der Waals surface area contributed by atoms with Gasteiger partial charge in [0.2, 0.25) is 0 Å². The fraction of sp³-hybridized carbons (Fsp3) is 0. The van der Waals surface area contributed by atoms with Crippen molar-refractivity contribution in [3.8, 4) is 11.3 Å².